The lowest BCUT2D eigenvalue weighted by atomic mass is 10.1. The van der Waals surface area contributed by atoms with Gasteiger partial charge in [0.1, 0.15) is 0 Å². The van der Waals surface area contributed by atoms with E-state index in [4.69, 9.17) is 15.2 Å². The maximum Gasteiger partial charge on any atom is 0.338 e. The molecule has 1 aliphatic rings. The van der Waals surface area contributed by atoms with E-state index in [1.807, 2.05) is 17.0 Å². The van der Waals surface area contributed by atoms with Gasteiger partial charge in [-0.05, 0) is 24.6 Å². The number of halogens is 1. The number of ether oxygens (including phenoxy) is 2. The van der Waals surface area contributed by atoms with Crippen molar-refractivity contribution in [1.82, 2.24) is 4.90 Å². The van der Waals surface area contributed by atoms with Gasteiger partial charge in [0.25, 0.3) is 0 Å². The predicted molar refractivity (Wildman–Crippen MR) is 95.5 cm³/mol. The van der Waals surface area contributed by atoms with E-state index in [2.05, 4.69) is 4.99 Å². The molecule has 22 heavy (non-hydrogen) atoms. The van der Waals surface area contributed by atoms with Gasteiger partial charge in [-0.3, -0.25) is 0 Å². The van der Waals surface area contributed by atoms with Crippen molar-refractivity contribution in [3.05, 3.63) is 35.4 Å². The Bertz CT molecular complexity index is 499. The van der Waals surface area contributed by atoms with Crippen molar-refractivity contribution >= 4 is 35.9 Å². The molecule has 6 nitrogen and oxygen atoms in total. The molecule has 0 radical (unpaired) electrons. The van der Waals surface area contributed by atoms with Crippen molar-refractivity contribution in [3.63, 3.8) is 0 Å². The van der Waals surface area contributed by atoms with Gasteiger partial charge in [0.15, 0.2) is 5.96 Å². The van der Waals surface area contributed by atoms with Gasteiger partial charge in [-0.2, -0.15) is 0 Å². The summed E-state index contributed by atoms with van der Waals surface area (Å²) in [6.07, 6.45) is 0. The Labute approximate surface area is 147 Å². The van der Waals surface area contributed by atoms with Crippen LogP contribution in [0, 0.1) is 0 Å². The molecule has 0 unspecified atom stereocenters. The highest BCUT2D eigenvalue weighted by Gasteiger charge is 2.12. The van der Waals surface area contributed by atoms with Crippen LogP contribution in [-0.4, -0.2) is 49.7 Å². The quantitative estimate of drug-likeness (QED) is 0.348. The number of aliphatic imine (C=N–C) groups is 1. The van der Waals surface area contributed by atoms with E-state index in [-0.39, 0.29) is 29.9 Å². The van der Waals surface area contributed by atoms with Gasteiger partial charge >= 0.3 is 5.97 Å². The molecular weight excluding hydrogens is 397 g/mol. The molecule has 2 N–H and O–H groups in total. The summed E-state index contributed by atoms with van der Waals surface area (Å²) in [6, 6.07) is 7.21. The zero-order valence-electron chi connectivity index (χ0n) is 12.7. The Morgan fingerprint density at radius 1 is 1.32 bits per heavy atom. The Morgan fingerprint density at radius 2 is 1.95 bits per heavy atom. The largest absolute Gasteiger partial charge is 0.462 e. The van der Waals surface area contributed by atoms with Crippen molar-refractivity contribution in [2.45, 2.75) is 13.5 Å². The number of esters is 1. The number of guanidine groups is 1. The SMILES string of the molecule is CCOC(=O)c1ccc(CN=C(N)N2CCOCC2)cc1.I. The minimum absolute atomic E-state index is 0. The third kappa shape index (κ3) is 5.45. The van der Waals surface area contributed by atoms with Gasteiger partial charge in [0, 0.05) is 13.1 Å². The van der Waals surface area contributed by atoms with Crippen LogP contribution >= 0.6 is 24.0 Å². The summed E-state index contributed by atoms with van der Waals surface area (Å²) >= 11 is 0. The topological polar surface area (TPSA) is 77.1 Å². The molecule has 1 saturated heterocycles. The number of carbonyl (C=O) groups excluding carboxylic acids is 1. The second-order valence-electron chi connectivity index (χ2n) is 4.69. The van der Waals surface area contributed by atoms with Gasteiger partial charge in [-0.1, -0.05) is 12.1 Å². The second-order valence-corrected chi connectivity index (χ2v) is 4.69. The molecule has 0 aromatic heterocycles. The van der Waals surface area contributed by atoms with Gasteiger partial charge in [0.2, 0.25) is 0 Å². The average molecular weight is 419 g/mol. The average Bonchev–Trinajstić information content (AvgIpc) is 2.54. The lowest BCUT2D eigenvalue weighted by molar-refractivity contribution is 0.0526. The molecule has 0 spiro atoms. The number of nitrogens with zero attached hydrogens (tertiary/aromatic N) is 2. The molecular formula is C15H22IN3O3. The Hall–Kier alpha value is -1.35. The van der Waals surface area contributed by atoms with E-state index in [0.717, 1.165) is 18.7 Å². The first-order valence-corrected chi connectivity index (χ1v) is 7.09. The maximum absolute atomic E-state index is 11.5. The smallest absolute Gasteiger partial charge is 0.338 e. The minimum atomic E-state index is -0.305. The van der Waals surface area contributed by atoms with Crippen LogP contribution in [0.2, 0.25) is 0 Å². The van der Waals surface area contributed by atoms with Crippen molar-refractivity contribution in [1.29, 1.82) is 0 Å². The summed E-state index contributed by atoms with van der Waals surface area (Å²) in [6.45, 7) is 5.58. The third-order valence-corrected chi connectivity index (χ3v) is 3.22. The van der Waals surface area contributed by atoms with E-state index >= 15 is 0 Å². The number of rotatable bonds is 4. The number of hydrogen-bond donors (Lipinski definition) is 1. The van der Waals surface area contributed by atoms with Crippen molar-refractivity contribution < 1.29 is 14.3 Å². The van der Waals surface area contributed by atoms with Crippen LogP contribution in [0.5, 0.6) is 0 Å². The molecule has 122 valence electrons. The molecule has 1 aromatic carbocycles. The van der Waals surface area contributed by atoms with Gasteiger partial charge in [-0.15, -0.1) is 24.0 Å². The van der Waals surface area contributed by atoms with Crippen molar-refractivity contribution in [2.75, 3.05) is 32.9 Å². The highest BCUT2D eigenvalue weighted by Crippen LogP contribution is 2.07. The highest BCUT2D eigenvalue weighted by atomic mass is 127. The number of morpholine rings is 1. The fraction of sp³-hybridized carbons (Fsp3) is 0.467. The van der Waals surface area contributed by atoms with Crippen molar-refractivity contribution in [2.24, 2.45) is 10.7 Å². The molecule has 1 aliphatic heterocycles. The fourth-order valence-corrected chi connectivity index (χ4v) is 2.03. The van der Waals surface area contributed by atoms with Crippen LogP contribution < -0.4 is 5.73 Å². The van der Waals surface area contributed by atoms with E-state index in [1.165, 1.54) is 0 Å². The van der Waals surface area contributed by atoms with Gasteiger partial charge in [0.05, 0.1) is 31.9 Å². The predicted octanol–water partition coefficient (Wildman–Crippen LogP) is 1.63. The number of nitrogens with two attached hydrogens (primary N) is 1. The summed E-state index contributed by atoms with van der Waals surface area (Å²) in [5, 5.41) is 0. The van der Waals surface area contributed by atoms with Crippen LogP contribution in [-0.2, 0) is 16.0 Å². The maximum atomic E-state index is 11.5. The summed E-state index contributed by atoms with van der Waals surface area (Å²) in [7, 11) is 0. The van der Waals surface area contributed by atoms with Gasteiger partial charge < -0.3 is 20.1 Å². The molecule has 0 bridgehead atoms. The van der Waals surface area contributed by atoms with Crippen LogP contribution in [0.3, 0.4) is 0 Å². The molecule has 0 amide bonds. The fourth-order valence-electron chi connectivity index (χ4n) is 2.03. The Kier molecular flexibility index (Phi) is 8.18. The molecule has 0 atom stereocenters. The van der Waals surface area contributed by atoms with Crippen LogP contribution in [0.15, 0.2) is 29.3 Å². The number of carbonyl (C=O) groups is 1. The third-order valence-electron chi connectivity index (χ3n) is 3.22. The van der Waals surface area contributed by atoms with Gasteiger partial charge in [-0.25, -0.2) is 9.79 Å². The van der Waals surface area contributed by atoms with E-state index in [9.17, 15) is 4.79 Å². The Balaban J connectivity index is 0.00000242. The summed E-state index contributed by atoms with van der Waals surface area (Å²) in [5.41, 5.74) is 7.51. The molecule has 1 aromatic rings. The zero-order valence-corrected chi connectivity index (χ0v) is 15.0. The van der Waals surface area contributed by atoms with E-state index in [0.29, 0.717) is 37.9 Å². The molecule has 1 fully saturated rings. The second kappa shape index (κ2) is 9.62. The van der Waals surface area contributed by atoms with Crippen LogP contribution in [0.1, 0.15) is 22.8 Å². The molecule has 2 rings (SSSR count). The highest BCUT2D eigenvalue weighted by molar-refractivity contribution is 14.0. The normalized spacial score (nSPS) is 15.1. The van der Waals surface area contributed by atoms with Crippen molar-refractivity contribution in [3.8, 4) is 0 Å². The number of hydrogen-bond acceptors (Lipinski definition) is 4. The zero-order chi connectivity index (χ0) is 15.1. The summed E-state index contributed by atoms with van der Waals surface area (Å²) in [4.78, 5) is 17.9. The van der Waals surface area contributed by atoms with Crippen LogP contribution in [0.25, 0.3) is 0 Å². The minimum Gasteiger partial charge on any atom is -0.462 e. The number of benzene rings is 1. The first-order valence-electron chi connectivity index (χ1n) is 7.09. The van der Waals surface area contributed by atoms with Crippen LogP contribution in [0.4, 0.5) is 0 Å². The molecule has 0 saturated carbocycles. The summed E-state index contributed by atoms with van der Waals surface area (Å²) in [5.74, 6) is 0.230. The standard InChI is InChI=1S/C15H21N3O3.HI/c1-2-21-14(19)13-5-3-12(4-6-13)11-17-15(16)18-7-9-20-10-8-18;/h3-6H,2,7-11H2,1H3,(H2,16,17);1H. The molecule has 1 heterocycles. The van der Waals surface area contributed by atoms with E-state index < -0.39 is 0 Å². The lowest BCUT2D eigenvalue weighted by Crippen LogP contribution is -2.44. The first-order chi connectivity index (χ1) is 10.2. The summed E-state index contributed by atoms with van der Waals surface area (Å²) < 4.78 is 10.2. The first kappa shape index (κ1) is 18.7. The monoisotopic (exact) mass is 419 g/mol. The Morgan fingerprint density at radius 3 is 2.55 bits per heavy atom. The molecule has 0 aliphatic carbocycles. The molecule has 7 heteroatoms. The lowest BCUT2D eigenvalue weighted by Gasteiger charge is -2.27. The van der Waals surface area contributed by atoms with E-state index in [1.54, 1.807) is 19.1 Å².